The Labute approximate surface area is 330 Å². The second-order valence-corrected chi connectivity index (χ2v) is 17.7. The minimum atomic E-state index is -1.13. The van der Waals surface area contributed by atoms with Gasteiger partial charge in [0, 0.05) is 46.8 Å². The largest absolute Gasteiger partial charge is 0.488 e. The van der Waals surface area contributed by atoms with Gasteiger partial charge in [-0.05, 0) is 102 Å². The van der Waals surface area contributed by atoms with E-state index in [4.69, 9.17) is 26.1 Å². The molecule has 3 fully saturated rings. The van der Waals surface area contributed by atoms with Crippen molar-refractivity contribution in [1.82, 2.24) is 35.0 Å². The number of hydrogen-bond donors (Lipinski definition) is 3. The van der Waals surface area contributed by atoms with Gasteiger partial charge in [0.1, 0.15) is 35.2 Å². The lowest BCUT2D eigenvalue weighted by atomic mass is 10.0. The van der Waals surface area contributed by atoms with Crippen LogP contribution >= 0.6 is 23.5 Å². The molecule has 13 nitrogen and oxygen atoms in total. The van der Waals surface area contributed by atoms with Gasteiger partial charge < -0.3 is 25.0 Å². The molecule has 4 aliphatic rings. The van der Waals surface area contributed by atoms with Crippen LogP contribution in [0.4, 0.5) is 0 Å². The van der Waals surface area contributed by atoms with Crippen LogP contribution < -0.4 is 24.8 Å². The molecule has 2 aromatic heterocycles. The minimum Gasteiger partial charge on any atom is -0.488 e. The SMILES string of the molecule is Cc1c(Cl)ccc2c(O[C@@H]3C[C@H]4C(=O)N[C@]5(C(=O)NSC6(C)CC6)C[C@H]5/C=C\CCCCC[C@H](NC(=O)c5ccn(C)n5)C(=O)N4C3)cc(OC(C)C)nc12. The molecule has 0 spiro atoms. The van der Waals surface area contributed by atoms with Crippen LogP contribution in [0.15, 0.2) is 42.6 Å². The van der Waals surface area contributed by atoms with Crippen molar-refractivity contribution in [3.05, 3.63) is 58.9 Å². The highest BCUT2D eigenvalue weighted by molar-refractivity contribution is 7.99. The third-order valence-corrected chi connectivity index (χ3v) is 12.6. The van der Waals surface area contributed by atoms with E-state index in [1.165, 1.54) is 21.5 Å². The van der Waals surface area contributed by atoms with Crippen LogP contribution in [-0.2, 0) is 21.4 Å². The standard InChI is InChI=1S/C40H50ClN7O6S/c1-23(2)53-33-20-32(27-13-14-28(41)24(3)34(27)43-33)54-26-19-31-36(50)44-40(38(52)46-55-39(4)16-17-39)21-25(40)11-9-7-6-8-10-12-30(37(51)48(31)22-26)42-35(49)29-15-18-47(5)45-29/h9,11,13-15,18,20,23,25-26,30-31H,6-8,10,12,16-17,19,21-22H2,1-5H3,(H,42,49)(H,44,50)(H,46,52)/b11-9-/t25-,26-,30+,31+,40-/m1/s1. The average molecular weight is 792 g/mol. The Kier molecular flexibility index (Phi) is 11.1. The van der Waals surface area contributed by atoms with Crippen LogP contribution in [0.25, 0.3) is 10.9 Å². The number of carbonyl (C=O) groups is 4. The molecule has 1 aromatic carbocycles. The number of ether oxygens (including phenoxy) is 2. The number of pyridine rings is 1. The van der Waals surface area contributed by atoms with Crippen molar-refractivity contribution in [3.8, 4) is 11.6 Å². The minimum absolute atomic E-state index is 0.00532. The summed E-state index contributed by atoms with van der Waals surface area (Å²) in [6, 6.07) is 5.05. The van der Waals surface area contributed by atoms with Crippen molar-refractivity contribution in [2.24, 2.45) is 13.0 Å². The van der Waals surface area contributed by atoms with Crippen molar-refractivity contribution in [1.29, 1.82) is 0 Å². The second-order valence-electron chi connectivity index (χ2n) is 15.9. The summed E-state index contributed by atoms with van der Waals surface area (Å²) >= 11 is 7.91. The van der Waals surface area contributed by atoms with Gasteiger partial charge in [0.15, 0.2) is 0 Å². The molecule has 5 atom stereocenters. The van der Waals surface area contributed by atoms with Gasteiger partial charge in [-0.15, -0.1) is 0 Å². The van der Waals surface area contributed by atoms with E-state index in [1.807, 2.05) is 32.9 Å². The Hall–Kier alpha value is -4.30. The number of aryl methyl sites for hydroxylation is 2. The highest BCUT2D eigenvalue weighted by atomic mass is 35.5. The first kappa shape index (κ1) is 39.0. The van der Waals surface area contributed by atoms with E-state index in [0.717, 1.165) is 37.7 Å². The fraction of sp³-hybridized carbons (Fsp3) is 0.550. The van der Waals surface area contributed by atoms with Crippen LogP contribution in [0.3, 0.4) is 0 Å². The summed E-state index contributed by atoms with van der Waals surface area (Å²) in [7, 11) is 1.72. The predicted molar refractivity (Wildman–Crippen MR) is 211 cm³/mol. The molecule has 0 bridgehead atoms. The number of hydrogen-bond acceptors (Lipinski definition) is 9. The molecule has 2 aliphatic heterocycles. The number of nitrogens with zero attached hydrogens (tertiary/aromatic N) is 4. The number of rotatable bonds is 9. The summed E-state index contributed by atoms with van der Waals surface area (Å²) in [5.74, 6) is -0.871. The zero-order valence-electron chi connectivity index (χ0n) is 32.0. The average Bonchev–Trinajstić information content (AvgIpc) is 3.92. The number of nitrogens with one attached hydrogen (secondary N) is 3. The molecule has 15 heteroatoms. The topological polar surface area (TPSA) is 157 Å². The number of benzene rings is 1. The van der Waals surface area contributed by atoms with Gasteiger partial charge in [-0.1, -0.05) is 36.6 Å². The summed E-state index contributed by atoms with van der Waals surface area (Å²) in [6.45, 7) is 7.88. The predicted octanol–water partition coefficient (Wildman–Crippen LogP) is 5.58. The Morgan fingerprint density at radius 2 is 1.95 bits per heavy atom. The van der Waals surface area contributed by atoms with Crippen molar-refractivity contribution < 1.29 is 28.7 Å². The van der Waals surface area contributed by atoms with Gasteiger partial charge in [-0.3, -0.25) is 28.6 Å². The van der Waals surface area contributed by atoms with E-state index < -0.39 is 41.4 Å². The molecular formula is C40H50ClN7O6S. The zero-order chi connectivity index (χ0) is 39.1. The first-order chi connectivity index (χ1) is 26.2. The van der Waals surface area contributed by atoms with E-state index in [1.54, 1.807) is 31.4 Å². The van der Waals surface area contributed by atoms with E-state index in [2.05, 4.69) is 33.5 Å². The monoisotopic (exact) mass is 791 g/mol. The number of fused-ring (bicyclic) bond motifs is 3. The van der Waals surface area contributed by atoms with Gasteiger partial charge in [0.05, 0.1) is 18.2 Å². The number of halogens is 1. The van der Waals surface area contributed by atoms with Crippen LogP contribution in [0.1, 0.15) is 94.6 Å². The van der Waals surface area contributed by atoms with Crippen LogP contribution in [-0.4, -0.2) is 84.4 Å². The summed E-state index contributed by atoms with van der Waals surface area (Å²) < 4.78 is 17.3. The van der Waals surface area contributed by atoms with Crippen LogP contribution in [0.5, 0.6) is 11.6 Å². The third kappa shape index (κ3) is 8.60. The molecule has 2 aliphatic carbocycles. The zero-order valence-corrected chi connectivity index (χ0v) is 33.6. The molecule has 2 saturated carbocycles. The van der Waals surface area contributed by atoms with Crippen molar-refractivity contribution in [2.45, 2.75) is 120 Å². The maximum absolute atomic E-state index is 14.7. The molecule has 3 aromatic rings. The number of carbonyl (C=O) groups excluding carboxylic acids is 4. The van der Waals surface area contributed by atoms with Gasteiger partial charge in [-0.25, -0.2) is 4.98 Å². The molecule has 0 unspecified atom stereocenters. The fourth-order valence-corrected chi connectivity index (χ4v) is 8.38. The Morgan fingerprint density at radius 3 is 2.67 bits per heavy atom. The Bertz CT molecular complexity index is 2020. The fourth-order valence-electron chi connectivity index (χ4n) is 7.40. The Morgan fingerprint density at radius 1 is 1.15 bits per heavy atom. The first-order valence-electron chi connectivity index (χ1n) is 19.3. The number of amides is 4. The molecule has 7 rings (SSSR count). The highest BCUT2D eigenvalue weighted by Crippen LogP contribution is 2.49. The summed E-state index contributed by atoms with van der Waals surface area (Å²) in [5, 5.41) is 11.5. The van der Waals surface area contributed by atoms with Gasteiger partial charge in [0.2, 0.25) is 17.7 Å². The molecule has 1 saturated heterocycles. The van der Waals surface area contributed by atoms with Crippen LogP contribution in [0.2, 0.25) is 5.02 Å². The van der Waals surface area contributed by atoms with Crippen molar-refractivity contribution in [2.75, 3.05) is 6.54 Å². The van der Waals surface area contributed by atoms with E-state index in [0.29, 0.717) is 46.8 Å². The normalized spacial score (nSPS) is 26.9. The van der Waals surface area contributed by atoms with E-state index in [-0.39, 0.29) is 41.3 Å². The molecule has 4 heterocycles. The number of aromatic nitrogens is 3. The number of allylic oxidation sites excluding steroid dienone is 1. The molecule has 0 radical (unpaired) electrons. The highest BCUT2D eigenvalue weighted by Gasteiger charge is 2.61. The van der Waals surface area contributed by atoms with E-state index in [9.17, 15) is 19.2 Å². The molecule has 3 N–H and O–H groups in total. The maximum Gasteiger partial charge on any atom is 0.272 e. The lowest BCUT2D eigenvalue weighted by Crippen LogP contribution is -2.57. The maximum atomic E-state index is 14.7. The first-order valence-corrected chi connectivity index (χ1v) is 20.5. The summed E-state index contributed by atoms with van der Waals surface area (Å²) in [4.78, 5) is 62.7. The van der Waals surface area contributed by atoms with Gasteiger partial charge in [-0.2, -0.15) is 5.10 Å². The molecular weight excluding hydrogens is 742 g/mol. The van der Waals surface area contributed by atoms with Gasteiger partial charge >= 0.3 is 0 Å². The van der Waals surface area contributed by atoms with Gasteiger partial charge in [0.25, 0.3) is 11.8 Å². The van der Waals surface area contributed by atoms with E-state index >= 15 is 0 Å². The summed E-state index contributed by atoms with van der Waals surface area (Å²) in [5.41, 5.74) is 0.452. The molecule has 4 amide bonds. The summed E-state index contributed by atoms with van der Waals surface area (Å²) in [6.07, 6.45) is 11.3. The lowest BCUT2D eigenvalue weighted by Gasteiger charge is -2.30. The van der Waals surface area contributed by atoms with Crippen LogP contribution in [0, 0.1) is 12.8 Å². The van der Waals surface area contributed by atoms with Crippen molar-refractivity contribution >= 4 is 58.1 Å². The molecule has 294 valence electrons. The lowest BCUT2D eigenvalue weighted by molar-refractivity contribution is -0.141. The van der Waals surface area contributed by atoms with Crippen molar-refractivity contribution in [3.63, 3.8) is 0 Å². The third-order valence-electron chi connectivity index (χ3n) is 11.0. The quantitative estimate of drug-likeness (QED) is 0.186. The smallest absolute Gasteiger partial charge is 0.272 e. The Balaban J connectivity index is 1.21. The second kappa shape index (κ2) is 15.7. The molecule has 55 heavy (non-hydrogen) atoms.